The van der Waals surface area contributed by atoms with Gasteiger partial charge in [-0.1, -0.05) is 0 Å². The lowest BCUT2D eigenvalue weighted by Gasteiger charge is -2.09. The van der Waals surface area contributed by atoms with Crippen LogP contribution in [0.15, 0.2) is 41.3 Å². The van der Waals surface area contributed by atoms with Crippen LogP contribution in [0.1, 0.15) is 11.1 Å². The van der Waals surface area contributed by atoms with Crippen LogP contribution in [-0.4, -0.2) is 7.11 Å². The minimum Gasteiger partial charge on any atom is -0.496 e. The third-order valence-corrected chi connectivity index (χ3v) is 3.77. The fourth-order valence-electron chi connectivity index (χ4n) is 1.70. The standard InChI is InChI=1S/C15H11F2NOS/c1-19-14-5-2-10(8-18)6-11(14)9-20-15-7-12(16)3-4-13(15)17/h2-7H,9H2,1H3. The number of nitrogens with zero attached hydrogens (tertiary/aromatic N) is 1. The lowest BCUT2D eigenvalue weighted by Crippen LogP contribution is -1.92. The largest absolute Gasteiger partial charge is 0.496 e. The summed E-state index contributed by atoms with van der Waals surface area (Å²) in [5, 5.41) is 8.88. The molecule has 0 aliphatic heterocycles. The minimum absolute atomic E-state index is 0.231. The topological polar surface area (TPSA) is 33.0 Å². The van der Waals surface area contributed by atoms with Gasteiger partial charge in [0, 0.05) is 16.2 Å². The number of thioether (sulfide) groups is 1. The zero-order valence-electron chi connectivity index (χ0n) is 10.7. The summed E-state index contributed by atoms with van der Waals surface area (Å²) in [6, 6.07) is 10.4. The summed E-state index contributed by atoms with van der Waals surface area (Å²) in [4.78, 5) is 0.231. The molecule has 0 unspecified atom stereocenters. The van der Waals surface area contributed by atoms with E-state index in [0.717, 1.165) is 35.5 Å². The quantitative estimate of drug-likeness (QED) is 0.794. The highest BCUT2D eigenvalue weighted by Crippen LogP contribution is 2.30. The fourth-order valence-corrected chi connectivity index (χ4v) is 2.64. The average molecular weight is 291 g/mol. The van der Waals surface area contributed by atoms with Crippen molar-refractivity contribution in [1.82, 2.24) is 0 Å². The molecular weight excluding hydrogens is 280 g/mol. The summed E-state index contributed by atoms with van der Waals surface area (Å²) >= 11 is 1.16. The van der Waals surface area contributed by atoms with Gasteiger partial charge in [0.1, 0.15) is 17.4 Å². The van der Waals surface area contributed by atoms with Crippen molar-refractivity contribution in [3.05, 3.63) is 59.2 Å². The molecular formula is C15H11F2NOS. The summed E-state index contributed by atoms with van der Waals surface area (Å²) < 4.78 is 31.8. The smallest absolute Gasteiger partial charge is 0.136 e. The van der Waals surface area contributed by atoms with Gasteiger partial charge in [0.15, 0.2) is 0 Å². The highest BCUT2D eigenvalue weighted by Gasteiger charge is 2.09. The van der Waals surface area contributed by atoms with Crippen molar-refractivity contribution in [2.45, 2.75) is 10.6 Å². The molecule has 2 rings (SSSR count). The first-order valence-corrected chi connectivity index (χ1v) is 6.77. The maximum atomic E-state index is 13.5. The Hall–Kier alpha value is -2.06. The Balaban J connectivity index is 2.22. The Morgan fingerprint density at radius 1 is 1.20 bits per heavy atom. The van der Waals surface area contributed by atoms with E-state index in [1.54, 1.807) is 18.2 Å². The predicted octanol–water partition coefficient (Wildman–Crippen LogP) is 4.14. The zero-order valence-corrected chi connectivity index (χ0v) is 11.5. The lowest BCUT2D eigenvalue weighted by atomic mass is 10.1. The molecule has 102 valence electrons. The molecule has 0 atom stereocenters. The molecule has 0 bridgehead atoms. The van der Waals surface area contributed by atoms with Gasteiger partial charge in [0.25, 0.3) is 0 Å². The molecule has 0 spiro atoms. The number of rotatable bonds is 4. The highest BCUT2D eigenvalue weighted by atomic mass is 32.2. The second-order valence-electron chi connectivity index (χ2n) is 4.00. The van der Waals surface area contributed by atoms with Crippen LogP contribution in [-0.2, 0) is 5.75 Å². The van der Waals surface area contributed by atoms with Crippen molar-refractivity contribution < 1.29 is 13.5 Å². The molecule has 0 aliphatic rings. The molecule has 0 amide bonds. The third-order valence-electron chi connectivity index (χ3n) is 2.69. The first-order valence-electron chi connectivity index (χ1n) is 5.79. The maximum Gasteiger partial charge on any atom is 0.136 e. The Kier molecular flexibility index (Phi) is 4.59. The van der Waals surface area contributed by atoms with Crippen LogP contribution in [0.25, 0.3) is 0 Å². The molecule has 0 aliphatic carbocycles. The van der Waals surface area contributed by atoms with E-state index in [-0.39, 0.29) is 4.90 Å². The molecule has 0 heterocycles. The van der Waals surface area contributed by atoms with Crippen LogP contribution in [0.5, 0.6) is 5.75 Å². The Morgan fingerprint density at radius 2 is 2.00 bits per heavy atom. The zero-order chi connectivity index (χ0) is 14.5. The van der Waals surface area contributed by atoms with Crippen molar-refractivity contribution in [3.63, 3.8) is 0 Å². The second kappa shape index (κ2) is 6.40. The van der Waals surface area contributed by atoms with Gasteiger partial charge in [-0.15, -0.1) is 11.8 Å². The number of hydrogen-bond donors (Lipinski definition) is 0. The number of halogens is 2. The fraction of sp³-hybridized carbons (Fsp3) is 0.133. The lowest BCUT2D eigenvalue weighted by molar-refractivity contribution is 0.411. The van der Waals surface area contributed by atoms with E-state index in [4.69, 9.17) is 10.00 Å². The SMILES string of the molecule is COc1ccc(C#N)cc1CSc1cc(F)ccc1F. The van der Waals surface area contributed by atoms with Gasteiger partial charge >= 0.3 is 0 Å². The van der Waals surface area contributed by atoms with Crippen LogP contribution in [0.2, 0.25) is 0 Å². The summed E-state index contributed by atoms with van der Waals surface area (Å²) in [6.07, 6.45) is 0. The van der Waals surface area contributed by atoms with Gasteiger partial charge in [-0.25, -0.2) is 8.78 Å². The molecule has 0 fully saturated rings. The maximum absolute atomic E-state index is 13.5. The van der Waals surface area contributed by atoms with E-state index in [9.17, 15) is 8.78 Å². The van der Waals surface area contributed by atoms with Crippen molar-refractivity contribution >= 4 is 11.8 Å². The summed E-state index contributed by atoms with van der Waals surface area (Å²) in [5.41, 5.74) is 1.27. The van der Waals surface area contributed by atoms with E-state index in [1.165, 1.54) is 7.11 Å². The molecule has 0 saturated heterocycles. The van der Waals surface area contributed by atoms with E-state index >= 15 is 0 Å². The number of methoxy groups -OCH3 is 1. The van der Waals surface area contributed by atoms with Gasteiger partial charge in [-0.2, -0.15) is 5.26 Å². The van der Waals surface area contributed by atoms with Crippen LogP contribution >= 0.6 is 11.8 Å². The van der Waals surface area contributed by atoms with Crippen LogP contribution in [0.4, 0.5) is 8.78 Å². The average Bonchev–Trinajstić information content (AvgIpc) is 2.47. The molecule has 0 N–H and O–H groups in total. The Labute approximate surface area is 120 Å². The Morgan fingerprint density at radius 3 is 2.70 bits per heavy atom. The van der Waals surface area contributed by atoms with E-state index in [0.29, 0.717) is 17.1 Å². The summed E-state index contributed by atoms with van der Waals surface area (Å²) in [5.74, 6) is 0.0609. The van der Waals surface area contributed by atoms with E-state index in [1.807, 2.05) is 6.07 Å². The third kappa shape index (κ3) is 3.28. The van der Waals surface area contributed by atoms with Crippen LogP contribution in [0.3, 0.4) is 0 Å². The minimum atomic E-state index is -0.480. The summed E-state index contributed by atoms with van der Waals surface area (Å²) in [6.45, 7) is 0. The van der Waals surface area contributed by atoms with Crippen molar-refractivity contribution in [2.24, 2.45) is 0 Å². The number of ether oxygens (including phenoxy) is 1. The normalized spacial score (nSPS) is 10.1. The number of nitriles is 1. The van der Waals surface area contributed by atoms with Crippen molar-refractivity contribution in [2.75, 3.05) is 7.11 Å². The van der Waals surface area contributed by atoms with Crippen LogP contribution in [0, 0.1) is 23.0 Å². The molecule has 5 heteroatoms. The van der Waals surface area contributed by atoms with Gasteiger partial charge in [-0.05, 0) is 36.4 Å². The molecule has 2 aromatic rings. The second-order valence-corrected chi connectivity index (χ2v) is 5.02. The van der Waals surface area contributed by atoms with Gasteiger partial charge < -0.3 is 4.74 Å². The predicted molar refractivity (Wildman–Crippen MR) is 73.6 cm³/mol. The highest BCUT2D eigenvalue weighted by molar-refractivity contribution is 7.98. The monoisotopic (exact) mass is 291 g/mol. The first-order chi connectivity index (χ1) is 9.63. The van der Waals surface area contributed by atoms with Gasteiger partial charge in [-0.3, -0.25) is 0 Å². The first kappa shape index (κ1) is 14.4. The van der Waals surface area contributed by atoms with Crippen molar-refractivity contribution in [3.8, 4) is 11.8 Å². The molecule has 2 nitrogen and oxygen atoms in total. The molecule has 0 aromatic heterocycles. The number of benzene rings is 2. The van der Waals surface area contributed by atoms with Gasteiger partial charge in [0.2, 0.25) is 0 Å². The van der Waals surface area contributed by atoms with Crippen LogP contribution < -0.4 is 4.74 Å². The van der Waals surface area contributed by atoms with E-state index in [2.05, 4.69) is 0 Å². The van der Waals surface area contributed by atoms with E-state index < -0.39 is 11.6 Å². The van der Waals surface area contributed by atoms with Crippen molar-refractivity contribution in [1.29, 1.82) is 5.26 Å². The van der Waals surface area contributed by atoms with Gasteiger partial charge in [0.05, 0.1) is 18.7 Å². The summed E-state index contributed by atoms with van der Waals surface area (Å²) in [7, 11) is 1.53. The molecule has 0 radical (unpaired) electrons. The molecule has 20 heavy (non-hydrogen) atoms. The Bertz CT molecular complexity index is 667. The number of hydrogen-bond acceptors (Lipinski definition) is 3. The molecule has 2 aromatic carbocycles. The molecule has 0 saturated carbocycles.